The third-order valence-corrected chi connectivity index (χ3v) is 9.32. The van der Waals surface area contributed by atoms with Gasteiger partial charge in [0.2, 0.25) is 12.0 Å². The zero-order valence-electron chi connectivity index (χ0n) is 23.9. The molecule has 11 nitrogen and oxygen atoms in total. The maximum Gasteiger partial charge on any atom is 0.357 e. The number of likely N-dealkylation sites (tertiary alicyclic amines) is 1. The van der Waals surface area contributed by atoms with Gasteiger partial charge in [-0.3, -0.25) is 14.4 Å². The van der Waals surface area contributed by atoms with Crippen molar-refractivity contribution >= 4 is 24.1 Å². The Bertz CT molecular complexity index is 1510. The Kier molecular flexibility index (Phi) is 7.35. The number of hydrogen-bond donors (Lipinski definition) is 3. The average molecular weight is 591 g/mol. The van der Waals surface area contributed by atoms with Gasteiger partial charge in [-0.15, -0.1) is 0 Å². The van der Waals surface area contributed by atoms with E-state index in [4.69, 9.17) is 14.2 Å². The lowest BCUT2D eigenvalue weighted by Crippen LogP contribution is -2.74. The third kappa shape index (κ3) is 4.54. The summed E-state index contributed by atoms with van der Waals surface area (Å²) in [5.74, 6) is -1.63. The largest absolute Gasteiger partial charge is 0.480 e. The molecule has 6 atom stereocenters. The van der Waals surface area contributed by atoms with Crippen molar-refractivity contribution < 1.29 is 43.6 Å². The summed E-state index contributed by atoms with van der Waals surface area (Å²) in [5.41, 5.74) is 0.404. The number of benzene rings is 2. The summed E-state index contributed by atoms with van der Waals surface area (Å²) in [5, 5.41) is 24.1. The van der Waals surface area contributed by atoms with Crippen molar-refractivity contribution in [3.05, 3.63) is 76.6 Å². The highest BCUT2D eigenvalue weighted by atomic mass is 16.6. The van der Waals surface area contributed by atoms with E-state index in [0.717, 1.165) is 17.4 Å². The Balaban J connectivity index is 1.29. The Morgan fingerprint density at radius 1 is 1.21 bits per heavy atom. The lowest BCUT2D eigenvalue weighted by atomic mass is 9.50. The molecule has 1 amide bonds. The van der Waals surface area contributed by atoms with Crippen molar-refractivity contribution in [2.45, 2.75) is 68.0 Å². The molecule has 11 heteroatoms. The molecule has 1 saturated heterocycles. The summed E-state index contributed by atoms with van der Waals surface area (Å²) in [6.07, 6.45) is -0.0314. The molecule has 0 radical (unpaired) electrons. The summed E-state index contributed by atoms with van der Waals surface area (Å²) in [7, 11) is 1.99. The highest BCUT2D eigenvalue weighted by Crippen LogP contribution is 2.64. The Morgan fingerprint density at radius 2 is 1.98 bits per heavy atom. The number of aliphatic hydroxyl groups is 2. The number of piperidine rings is 1. The molecule has 6 rings (SSSR count). The predicted octanol–water partition coefficient (Wildman–Crippen LogP) is 1.49. The van der Waals surface area contributed by atoms with E-state index in [1.807, 2.05) is 13.1 Å². The van der Waals surface area contributed by atoms with E-state index in [1.54, 1.807) is 42.5 Å². The van der Waals surface area contributed by atoms with Crippen LogP contribution in [-0.4, -0.2) is 83.2 Å². The average Bonchev–Trinajstić information content (AvgIpc) is 3.35. The molecule has 2 aromatic carbocycles. The number of amides is 1. The van der Waals surface area contributed by atoms with Gasteiger partial charge in [0.05, 0.1) is 23.0 Å². The van der Waals surface area contributed by atoms with Crippen LogP contribution in [0.3, 0.4) is 0 Å². The van der Waals surface area contributed by atoms with E-state index in [-0.39, 0.29) is 31.2 Å². The van der Waals surface area contributed by atoms with Crippen molar-refractivity contribution in [2.24, 2.45) is 0 Å². The summed E-state index contributed by atoms with van der Waals surface area (Å²) < 4.78 is 18.0. The molecule has 1 fully saturated rings. The van der Waals surface area contributed by atoms with Crippen LogP contribution >= 0.6 is 0 Å². The fraction of sp³-hybridized carbons (Fsp3) is 0.438. The van der Waals surface area contributed by atoms with Crippen LogP contribution in [0.25, 0.3) is 0 Å². The van der Waals surface area contributed by atoms with E-state index in [2.05, 4.69) is 10.2 Å². The van der Waals surface area contributed by atoms with Crippen LogP contribution in [0.1, 0.15) is 59.3 Å². The van der Waals surface area contributed by atoms with Crippen molar-refractivity contribution in [1.29, 1.82) is 0 Å². The molecule has 0 saturated carbocycles. The normalized spacial score (nSPS) is 28.0. The van der Waals surface area contributed by atoms with Crippen molar-refractivity contribution in [2.75, 3.05) is 20.1 Å². The molecule has 2 aliphatic heterocycles. The van der Waals surface area contributed by atoms with Gasteiger partial charge in [-0.1, -0.05) is 36.4 Å². The standard InChI is InChI=1S/C32H34N2O9/c1-18(36)29(38)33-14-11-24(37)42-27(19-6-4-3-5-7-19)30(39)41-22-10-12-32(40)23-16-20-8-9-21(17-35)26-25(20)31(32,28(22)43-26)13-15-34(23)2/h3-10,17-18,23,27-28,36,40H,11-16H2,1-2H3,(H,33,38)/t18-,23+,27-,28-,31-,32+/m0/s1. The second kappa shape index (κ2) is 10.9. The first-order chi connectivity index (χ1) is 20.6. The summed E-state index contributed by atoms with van der Waals surface area (Å²) in [4.78, 5) is 52.3. The van der Waals surface area contributed by atoms with Gasteiger partial charge in [0.1, 0.15) is 17.6 Å². The predicted molar refractivity (Wildman–Crippen MR) is 151 cm³/mol. The van der Waals surface area contributed by atoms with Crippen LogP contribution in [0.15, 0.2) is 54.3 Å². The lowest BCUT2D eigenvalue weighted by molar-refractivity contribution is -0.176. The van der Waals surface area contributed by atoms with Gasteiger partial charge in [0.25, 0.3) is 0 Å². The Morgan fingerprint density at radius 3 is 2.70 bits per heavy atom. The van der Waals surface area contributed by atoms with Gasteiger partial charge >= 0.3 is 11.9 Å². The second-order valence-electron chi connectivity index (χ2n) is 11.7. The fourth-order valence-electron chi connectivity index (χ4n) is 7.24. The van der Waals surface area contributed by atoms with Gasteiger partial charge in [0, 0.05) is 30.1 Å². The van der Waals surface area contributed by atoms with Gasteiger partial charge in [0.15, 0.2) is 12.4 Å². The quantitative estimate of drug-likeness (QED) is 0.289. The van der Waals surface area contributed by atoms with Gasteiger partial charge in [-0.2, -0.15) is 0 Å². The first kappa shape index (κ1) is 29.0. The van der Waals surface area contributed by atoms with Crippen molar-refractivity contribution in [1.82, 2.24) is 10.2 Å². The number of ether oxygens (including phenoxy) is 3. The van der Waals surface area contributed by atoms with Gasteiger partial charge < -0.3 is 34.6 Å². The van der Waals surface area contributed by atoms with Crippen molar-refractivity contribution in [3.8, 4) is 5.75 Å². The van der Waals surface area contributed by atoms with Gasteiger partial charge in [-0.25, -0.2) is 4.79 Å². The van der Waals surface area contributed by atoms with Crippen LogP contribution in [-0.2, 0) is 35.7 Å². The summed E-state index contributed by atoms with van der Waals surface area (Å²) in [6, 6.07) is 11.9. The second-order valence-corrected chi connectivity index (χ2v) is 11.7. The Hall–Kier alpha value is -4.06. The number of nitrogens with one attached hydrogen (secondary N) is 1. The zero-order chi connectivity index (χ0) is 30.5. The molecular formula is C32H34N2O9. The molecular weight excluding hydrogens is 556 g/mol. The minimum Gasteiger partial charge on any atom is -0.480 e. The number of likely N-dealkylation sites (N-methyl/N-ethyl adjacent to an activating group) is 1. The molecule has 2 aliphatic carbocycles. The smallest absolute Gasteiger partial charge is 0.357 e. The lowest BCUT2D eigenvalue weighted by Gasteiger charge is -2.61. The molecule has 2 heterocycles. The first-order valence-electron chi connectivity index (χ1n) is 14.4. The minimum atomic E-state index is -1.41. The molecule has 1 spiro atoms. The van der Waals surface area contributed by atoms with E-state index in [1.165, 1.54) is 6.92 Å². The van der Waals surface area contributed by atoms with Crippen LogP contribution in [0, 0.1) is 0 Å². The maximum atomic E-state index is 13.7. The summed E-state index contributed by atoms with van der Waals surface area (Å²) in [6.45, 7) is 1.90. The monoisotopic (exact) mass is 590 g/mol. The van der Waals surface area contributed by atoms with Crippen LogP contribution in [0.4, 0.5) is 0 Å². The number of aldehydes is 1. The molecule has 226 valence electrons. The molecule has 0 aromatic heterocycles. The Labute approximate surface area is 248 Å². The zero-order valence-corrected chi connectivity index (χ0v) is 23.9. The van der Waals surface area contributed by atoms with Crippen LogP contribution < -0.4 is 10.1 Å². The van der Waals surface area contributed by atoms with Crippen LogP contribution in [0.5, 0.6) is 5.75 Å². The van der Waals surface area contributed by atoms with Crippen molar-refractivity contribution in [3.63, 3.8) is 0 Å². The van der Waals surface area contributed by atoms with Gasteiger partial charge in [-0.05, 0) is 51.1 Å². The molecule has 4 aliphatic rings. The van der Waals surface area contributed by atoms with E-state index in [0.29, 0.717) is 36.3 Å². The number of carbonyl (C=O) groups is 4. The first-order valence-corrected chi connectivity index (χ1v) is 14.4. The minimum absolute atomic E-state index is 0.0867. The van der Waals surface area contributed by atoms with E-state index < -0.39 is 47.2 Å². The highest BCUT2D eigenvalue weighted by molar-refractivity contribution is 5.84. The summed E-state index contributed by atoms with van der Waals surface area (Å²) >= 11 is 0. The molecule has 2 aromatic rings. The van der Waals surface area contributed by atoms with Crippen LogP contribution in [0.2, 0.25) is 0 Å². The maximum absolute atomic E-state index is 13.7. The van der Waals surface area contributed by atoms with E-state index in [9.17, 15) is 29.4 Å². The number of aliphatic hydroxyl groups excluding tert-OH is 1. The highest BCUT2D eigenvalue weighted by Gasteiger charge is 2.72. The SMILES string of the molecule is C[C@H](O)C(=O)NCCC(=O)O[C@H](C(=O)OC1=CC[C@@]2(O)[C@H]3Cc4ccc(C=O)c5c4[C@@]2(CCN3C)[C@H]1O5)c1ccccc1. The molecule has 0 unspecified atom stereocenters. The number of rotatable bonds is 9. The fourth-order valence-corrected chi connectivity index (χ4v) is 7.24. The van der Waals surface area contributed by atoms with E-state index >= 15 is 0 Å². The molecule has 2 bridgehead atoms. The number of hydrogen-bond acceptors (Lipinski definition) is 10. The number of carbonyl (C=O) groups excluding carboxylic acids is 4. The molecule has 43 heavy (non-hydrogen) atoms. The number of nitrogens with zero attached hydrogens (tertiary/aromatic N) is 1. The topological polar surface area (TPSA) is 152 Å². The third-order valence-electron chi connectivity index (χ3n) is 9.32. The number of esters is 2. The molecule has 3 N–H and O–H groups in total.